The van der Waals surface area contributed by atoms with E-state index in [-0.39, 0.29) is 29.2 Å². The molecule has 472 valence electrons. The number of halogens is 4. The summed E-state index contributed by atoms with van der Waals surface area (Å²) < 4.78 is 138. The summed E-state index contributed by atoms with van der Waals surface area (Å²) in [5.74, 6) is -0.574. The van der Waals surface area contributed by atoms with Crippen LogP contribution in [0.3, 0.4) is 0 Å². The van der Waals surface area contributed by atoms with Crippen molar-refractivity contribution in [2.45, 2.75) is 143 Å². The van der Waals surface area contributed by atoms with Crippen LogP contribution in [0.25, 0.3) is 11.1 Å². The van der Waals surface area contributed by atoms with Crippen LogP contribution < -0.4 is 14.9 Å². The lowest BCUT2D eigenvalue weighted by Gasteiger charge is -2.44. The molecule has 1 amide bonds. The normalized spacial score (nSPS) is 16.7. The molecule has 0 aliphatic carbocycles. The molecule has 0 saturated carbocycles. The number of anilines is 2. The topological polar surface area (TPSA) is 173 Å². The lowest BCUT2D eigenvalue weighted by Crippen LogP contribution is -2.48. The molecule has 2 atom stereocenters. The lowest BCUT2D eigenvalue weighted by atomic mass is 9.84. The Morgan fingerprint density at radius 1 is 0.744 bits per heavy atom. The van der Waals surface area contributed by atoms with Crippen LogP contribution in [-0.4, -0.2) is 128 Å². The Labute approximate surface area is 518 Å². The fourth-order valence-corrected chi connectivity index (χ4v) is 16.2. The highest BCUT2D eigenvalue weighted by atomic mass is 35.5. The van der Waals surface area contributed by atoms with Gasteiger partial charge in [0.1, 0.15) is 4.90 Å². The summed E-state index contributed by atoms with van der Waals surface area (Å²) in [6.45, 7) is 26.7. The molecule has 5 aromatic carbocycles. The van der Waals surface area contributed by atoms with Gasteiger partial charge in [-0.2, -0.15) is 13.2 Å². The van der Waals surface area contributed by atoms with Crippen LogP contribution in [0, 0.1) is 5.92 Å². The number of benzene rings is 5. The van der Waals surface area contributed by atoms with Gasteiger partial charge in [0.2, 0.25) is 0 Å². The van der Waals surface area contributed by atoms with E-state index in [2.05, 4.69) is 66.0 Å². The van der Waals surface area contributed by atoms with Crippen molar-refractivity contribution in [1.82, 2.24) is 14.5 Å². The quantitative estimate of drug-likeness (QED) is 0.0339. The highest BCUT2D eigenvalue weighted by Gasteiger charge is 2.49. The number of nitrogens with one attached hydrogen (secondary N) is 2. The molecule has 2 saturated heterocycles. The van der Waals surface area contributed by atoms with E-state index in [0.717, 1.165) is 52.2 Å². The number of hydrogen-bond donors (Lipinski definition) is 2. The van der Waals surface area contributed by atoms with Crippen LogP contribution in [0.2, 0.25) is 23.2 Å². The first-order valence-electron chi connectivity index (χ1n) is 29.0. The number of rotatable bonds is 24. The van der Waals surface area contributed by atoms with E-state index in [1.54, 1.807) is 53.7 Å². The summed E-state index contributed by atoms with van der Waals surface area (Å²) in [6.07, 6.45) is 1.79. The minimum absolute atomic E-state index is 0.0376. The van der Waals surface area contributed by atoms with Crippen molar-refractivity contribution < 1.29 is 57.4 Å². The highest BCUT2D eigenvalue weighted by Crippen LogP contribution is 2.55. The Kier molecular flexibility index (Phi) is 22.7. The Morgan fingerprint density at radius 3 is 1.88 bits per heavy atom. The monoisotopic (exact) mass is 1310 g/mol. The number of alkyl halides is 3. The molecule has 2 heterocycles. The first kappa shape index (κ1) is 69.2. The average molecular weight is 1310 g/mol. The molecule has 86 heavy (non-hydrogen) atoms. The summed E-state index contributed by atoms with van der Waals surface area (Å²) in [4.78, 5) is 18.9. The van der Waals surface area contributed by atoms with Gasteiger partial charge < -0.3 is 19.5 Å². The SMILES string of the molecule is CC(C)(C)OP(=O)(OCCN1CCN(CCC(CSc2ccccc2)Nc2ccc(S(=O)(=O)NC(=O)c3ccc(N4CCC([C@@H](O[Si](C)(C)C(C)(C)C)c5ccccc5-c5ccc(Cl)cc5)CC4)cc3)cc2S(=O)(=O)C(F)(F)F)CC1)OC(C)(C)C. The van der Waals surface area contributed by atoms with Crippen LogP contribution in [0.15, 0.2) is 136 Å². The maximum atomic E-state index is 14.5. The van der Waals surface area contributed by atoms with E-state index in [0.29, 0.717) is 75.6 Å². The number of carbonyl (C=O) groups is 1. The van der Waals surface area contributed by atoms with E-state index < -0.39 is 80.1 Å². The molecule has 0 bridgehead atoms. The number of thioether (sulfide) groups is 1. The molecule has 1 unspecified atom stereocenters. The van der Waals surface area contributed by atoms with Gasteiger partial charge in [-0.05, 0) is 168 Å². The van der Waals surface area contributed by atoms with Crippen LogP contribution in [0.4, 0.5) is 24.5 Å². The fraction of sp³-hybridized carbons (Fsp3) is 0.500. The lowest BCUT2D eigenvalue weighted by molar-refractivity contribution is -0.0436. The van der Waals surface area contributed by atoms with Gasteiger partial charge in [0.25, 0.3) is 25.8 Å². The molecule has 24 heteroatoms. The van der Waals surface area contributed by atoms with Crippen molar-refractivity contribution in [3.05, 3.63) is 137 Å². The zero-order valence-electron chi connectivity index (χ0n) is 51.1. The summed E-state index contributed by atoms with van der Waals surface area (Å²) in [6, 6.07) is 33.7. The molecule has 2 aliphatic heterocycles. The molecule has 7 rings (SSSR count). The van der Waals surface area contributed by atoms with E-state index >= 15 is 0 Å². The zero-order valence-corrected chi connectivity index (χ0v) is 56.2. The predicted molar refractivity (Wildman–Crippen MR) is 341 cm³/mol. The van der Waals surface area contributed by atoms with Crippen molar-refractivity contribution in [1.29, 1.82) is 0 Å². The molecule has 15 nitrogen and oxygen atoms in total. The number of sulfone groups is 1. The maximum Gasteiger partial charge on any atom is 0.501 e. The maximum absolute atomic E-state index is 14.5. The standard InChI is InChI=1S/C62H84ClF3N5O10PS3Si/c1-59(2,3)80-82(73,81-60(4,5)6)78-42-41-70-39-37-69(38-40-70)34-33-49(44-83-51-17-13-12-14-18-51)67-55-30-29-52(43-56(55)84(74,75)62(64,65)66)85(76,77)68-58(72)47-23-27-50(28-24-47)71-35-31-46(32-36-71)57(79-86(10,11)61(7,8)9)54-20-16-15-19-53(54)45-21-25-48(63)26-22-45/h12-30,43,46,49,57,67H,31-42,44H2,1-11H3,(H,68,72)/t49?,57-/m1/s1. The summed E-state index contributed by atoms with van der Waals surface area (Å²) >= 11 is 7.71. The highest BCUT2D eigenvalue weighted by molar-refractivity contribution is 7.99. The molecule has 2 fully saturated rings. The minimum atomic E-state index is -6.15. The van der Waals surface area contributed by atoms with Gasteiger partial charge in [0, 0.05) is 85.3 Å². The Hall–Kier alpha value is -4.29. The number of sulfonamides is 1. The second-order valence-corrected chi connectivity index (χ2v) is 36.8. The third-order valence-corrected chi connectivity index (χ3v) is 26.2. The minimum Gasteiger partial charge on any atom is -0.410 e. The van der Waals surface area contributed by atoms with E-state index in [1.807, 2.05) is 71.5 Å². The van der Waals surface area contributed by atoms with Gasteiger partial charge in [-0.1, -0.05) is 87.0 Å². The van der Waals surface area contributed by atoms with Crippen LogP contribution in [0.5, 0.6) is 0 Å². The number of hydrogen-bond acceptors (Lipinski definition) is 15. The van der Waals surface area contributed by atoms with E-state index in [1.165, 1.54) is 23.9 Å². The number of piperazine rings is 1. The summed E-state index contributed by atoms with van der Waals surface area (Å²) in [5.41, 5.74) is -3.78. The molecule has 5 aromatic rings. The molecule has 2 aliphatic rings. The molecule has 0 aromatic heterocycles. The Bertz CT molecular complexity index is 3330. The van der Waals surface area contributed by atoms with Gasteiger partial charge in [-0.15, -0.1) is 11.8 Å². The smallest absolute Gasteiger partial charge is 0.410 e. The molecule has 0 radical (unpaired) electrons. The van der Waals surface area contributed by atoms with Crippen molar-refractivity contribution >= 4 is 76.6 Å². The molecule has 2 N–H and O–H groups in total. The van der Waals surface area contributed by atoms with Crippen molar-refractivity contribution in [3.63, 3.8) is 0 Å². The van der Waals surface area contributed by atoms with Crippen LogP contribution >= 0.6 is 31.2 Å². The van der Waals surface area contributed by atoms with Crippen LogP contribution in [0.1, 0.15) is 104 Å². The number of phosphoric acid groups is 1. The molecule has 0 spiro atoms. The van der Waals surface area contributed by atoms with Gasteiger partial charge >= 0.3 is 13.3 Å². The summed E-state index contributed by atoms with van der Waals surface area (Å²) in [7, 11) is -17.3. The first-order valence-corrected chi connectivity index (χ1v) is 37.7. The first-order chi connectivity index (χ1) is 40.0. The summed E-state index contributed by atoms with van der Waals surface area (Å²) in [5, 5.41) is 3.65. The molecular formula is C62H84ClF3N5O10PS3Si. The Balaban J connectivity index is 1.02. The van der Waals surface area contributed by atoms with Gasteiger partial charge in [0.05, 0.1) is 34.5 Å². The average Bonchev–Trinajstić information content (AvgIpc) is 0.846. The number of phosphoric ester groups is 1. The van der Waals surface area contributed by atoms with E-state index in [9.17, 15) is 39.4 Å². The van der Waals surface area contributed by atoms with Gasteiger partial charge in [0.15, 0.2) is 8.32 Å². The zero-order chi connectivity index (χ0) is 63.1. The van der Waals surface area contributed by atoms with Crippen molar-refractivity contribution in [3.8, 4) is 11.1 Å². The molecular weight excluding hydrogens is 1220 g/mol. The third-order valence-electron chi connectivity index (χ3n) is 15.4. The third kappa shape index (κ3) is 19.1. The Morgan fingerprint density at radius 2 is 1.31 bits per heavy atom. The van der Waals surface area contributed by atoms with Crippen molar-refractivity contribution in [2.75, 3.05) is 74.9 Å². The predicted octanol–water partition coefficient (Wildman–Crippen LogP) is 14.7. The van der Waals surface area contributed by atoms with Gasteiger partial charge in [-0.25, -0.2) is 26.1 Å². The number of carbonyl (C=O) groups excluding carboxylic acids is 1. The largest absolute Gasteiger partial charge is 0.501 e. The number of nitrogens with zero attached hydrogens (tertiary/aromatic N) is 3. The van der Waals surface area contributed by atoms with Crippen molar-refractivity contribution in [2.24, 2.45) is 5.92 Å². The second-order valence-electron chi connectivity index (χ2n) is 25.4. The fourth-order valence-electron chi connectivity index (χ4n) is 9.93. The van der Waals surface area contributed by atoms with Crippen LogP contribution in [-0.2, 0) is 42.4 Å². The van der Waals surface area contributed by atoms with E-state index in [4.69, 9.17) is 29.6 Å². The second kappa shape index (κ2) is 28.3. The number of amides is 1. The number of piperidine rings is 1. The van der Waals surface area contributed by atoms with Gasteiger partial charge in [-0.3, -0.25) is 23.3 Å².